The number of aryl methyl sites for hydroxylation is 1. The van der Waals surface area contributed by atoms with Crippen molar-refractivity contribution >= 4 is 39.0 Å². The van der Waals surface area contributed by atoms with Crippen molar-refractivity contribution in [2.24, 2.45) is 0 Å². The molecule has 0 fully saturated rings. The standard InChI is InChI=1S/C13H14BrClN4/c1-3-4-11-18-12(15)8(2)13(19-11)17-10-5-9(14)6-16-7-10/h5-7H,3-4H2,1-2H3,(H,17,18,19). The van der Waals surface area contributed by atoms with E-state index in [0.717, 1.165) is 40.2 Å². The molecule has 0 aliphatic carbocycles. The summed E-state index contributed by atoms with van der Waals surface area (Å²) in [6.07, 6.45) is 5.26. The molecule has 2 rings (SSSR count). The van der Waals surface area contributed by atoms with E-state index in [1.807, 2.05) is 13.0 Å². The van der Waals surface area contributed by atoms with Crippen molar-refractivity contribution in [3.05, 3.63) is 39.5 Å². The number of pyridine rings is 1. The zero-order chi connectivity index (χ0) is 13.8. The molecule has 2 aromatic heterocycles. The number of nitrogens with zero attached hydrogens (tertiary/aromatic N) is 3. The van der Waals surface area contributed by atoms with Crippen molar-refractivity contribution in [3.63, 3.8) is 0 Å². The van der Waals surface area contributed by atoms with Gasteiger partial charge in [0.1, 0.15) is 16.8 Å². The summed E-state index contributed by atoms with van der Waals surface area (Å²) in [6, 6.07) is 1.93. The number of aromatic nitrogens is 3. The molecule has 100 valence electrons. The fraction of sp³-hybridized carbons (Fsp3) is 0.308. The summed E-state index contributed by atoms with van der Waals surface area (Å²) in [5.41, 5.74) is 1.69. The summed E-state index contributed by atoms with van der Waals surface area (Å²) >= 11 is 9.52. The van der Waals surface area contributed by atoms with Crippen LogP contribution in [0.4, 0.5) is 11.5 Å². The van der Waals surface area contributed by atoms with Gasteiger partial charge < -0.3 is 5.32 Å². The summed E-state index contributed by atoms with van der Waals surface area (Å²) in [4.78, 5) is 12.9. The molecule has 0 radical (unpaired) electrons. The summed E-state index contributed by atoms with van der Waals surface area (Å²) in [6.45, 7) is 3.98. The number of anilines is 2. The van der Waals surface area contributed by atoms with Crippen molar-refractivity contribution in [1.82, 2.24) is 15.0 Å². The van der Waals surface area contributed by atoms with Crippen molar-refractivity contribution in [2.45, 2.75) is 26.7 Å². The maximum absolute atomic E-state index is 6.14. The quantitative estimate of drug-likeness (QED) is 0.843. The third-order valence-corrected chi connectivity index (χ3v) is 3.38. The molecule has 2 heterocycles. The number of halogens is 2. The van der Waals surface area contributed by atoms with Crippen molar-refractivity contribution in [3.8, 4) is 0 Å². The maximum atomic E-state index is 6.14. The topological polar surface area (TPSA) is 50.7 Å². The Morgan fingerprint density at radius 3 is 2.79 bits per heavy atom. The Kier molecular flexibility index (Phi) is 4.71. The van der Waals surface area contributed by atoms with E-state index in [0.29, 0.717) is 5.15 Å². The molecule has 0 aliphatic heterocycles. The zero-order valence-corrected chi connectivity index (χ0v) is 13.1. The van der Waals surface area contributed by atoms with Crippen LogP contribution in [0.25, 0.3) is 0 Å². The molecule has 6 heteroatoms. The predicted molar refractivity (Wildman–Crippen MR) is 81.0 cm³/mol. The first-order valence-electron chi connectivity index (χ1n) is 6.00. The second-order valence-corrected chi connectivity index (χ2v) is 5.44. The van der Waals surface area contributed by atoms with Crippen LogP contribution in [0.1, 0.15) is 24.7 Å². The molecule has 1 N–H and O–H groups in total. The molecule has 2 aromatic rings. The van der Waals surface area contributed by atoms with E-state index in [1.54, 1.807) is 12.4 Å². The molecule has 0 atom stereocenters. The lowest BCUT2D eigenvalue weighted by atomic mass is 10.3. The van der Waals surface area contributed by atoms with Gasteiger partial charge in [0, 0.05) is 22.7 Å². The molecule has 19 heavy (non-hydrogen) atoms. The number of hydrogen-bond acceptors (Lipinski definition) is 4. The molecule has 0 aliphatic rings. The zero-order valence-electron chi connectivity index (χ0n) is 10.7. The highest BCUT2D eigenvalue weighted by molar-refractivity contribution is 9.10. The SMILES string of the molecule is CCCc1nc(Cl)c(C)c(Nc2cncc(Br)c2)n1. The highest BCUT2D eigenvalue weighted by Gasteiger charge is 2.09. The lowest BCUT2D eigenvalue weighted by Crippen LogP contribution is -2.04. The van der Waals surface area contributed by atoms with Gasteiger partial charge in [0.05, 0.1) is 11.9 Å². The molecule has 0 amide bonds. The normalized spacial score (nSPS) is 10.5. The summed E-state index contributed by atoms with van der Waals surface area (Å²) in [5.74, 6) is 1.48. The Morgan fingerprint density at radius 1 is 1.32 bits per heavy atom. The first kappa shape index (κ1) is 14.2. The van der Waals surface area contributed by atoms with Crippen LogP contribution in [0.3, 0.4) is 0 Å². The first-order chi connectivity index (χ1) is 9.10. The van der Waals surface area contributed by atoms with Gasteiger partial charge in [0.25, 0.3) is 0 Å². The van der Waals surface area contributed by atoms with Crippen LogP contribution in [0, 0.1) is 6.92 Å². The Balaban J connectivity index is 2.33. The minimum atomic E-state index is 0.490. The van der Waals surface area contributed by atoms with Gasteiger partial charge in [-0.2, -0.15) is 0 Å². The Labute approximate surface area is 125 Å². The highest BCUT2D eigenvalue weighted by atomic mass is 79.9. The van der Waals surface area contributed by atoms with Gasteiger partial charge in [0.2, 0.25) is 0 Å². The Morgan fingerprint density at radius 2 is 2.11 bits per heavy atom. The second kappa shape index (κ2) is 6.30. The lowest BCUT2D eigenvalue weighted by molar-refractivity contribution is 0.833. The van der Waals surface area contributed by atoms with Gasteiger partial charge in [0.15, 0.2) is 0 Å². The van der Waals surface area contributed by atoms with Crippen LogP contribution in [-0.2, 0) is 6.42 Å². The van der Waals surface area contributed by atoms with E-state index >= 15 is 0 Å². The monoisotopic (exact) mass is 340 g/mol. The fourth-order valence-corrected chi connectivity index (χ4v) is 2.16. The molecular weight excluding hydrogens is 328 g/mol. The van der Waals surface area contributed by atoms with E-state index in [4.69, 9.17) is 11.6 Å². The summed E-state index contributed by atoms with van der Waals surface area (Å²) in [7, 11) is 0. The maximum Gasteiger partial charge on any atom is 0.138 e. The third-order valence-electron chi connectivity index (χ3n) is 2.57. The smallest absolute Gasteiger partial charge is 0.138 e. The fourth-order valence-electron chi connectivity index (χ4n) is 1.61. The molecule has 0 aromatic carbocycles. The van der Waals surface area contributed by atoms with E-state index in [9.17, 15) is 0 Å². The third kappa shape index (κ3) is 3.64. The summed E-state index contributed by atoms with van der Waals surface area (Å²) in [5, 5.41) is 3.71. The highest BCUT2D eigenvalue weighted by Crippen LogP contribution is 2.24. The van der Waals surface area contributed by atoms with Gasteiger partial charge in [-0.25, -0.2) is 9.97 Å². The minimum Gasteiger partial charge on any atom is -0.339 e. The first-order valence-corrected chi connectivity index (χ1v) is 7.18. The summed E-state index contributed by atoms with van der Waals surface area (Å²) < 4.78 is 0.907. The van der Waals surface area contributed by atoms with Crippen molar-refractivity contribution in [1.29, 1.82) is 0 Å². The van der Waals surface area contributed by atoms with Crippen LogP contribution < -0.4 is 5.32 Å². The Bertz CT molecular complexity index is 589. The van der Waals surface area contributed by atoms with Gasteiger partial charge in [-0.1, -0.05) is 18.5 Å². The average Bonchev–Trinajstić information content (AvgIpc) is 2.36. The molecule has 0 unspecified atom stereocenters. The molecule has 4 nitrogen and oxygen atoms in total. The number of nitrogens with one attached hydrogen (secondary N) is 1. The second-order valence-electron chi connectivity index (χ2n) is 4.17. The molecular formula is C13H14BrClN4. The van der Waals surface area contributed by atoms with E-state index in [-0.39, 0.29) is 0 Å². The van der Waals surface area contributed by atoms with E-state index < -0.39 is 0 Å². The number of hydrogen-bond donors (Lipinski definition) is 1. The van der Waals surface area contributed by atoms with Crippen molar-refractivity contribution in [2.75, 3.05) is 5.32 Å². The predicted octanol–water partition coefficient (Wildman–Crippen LogP) is 4.29. The molecule has 0 saturated heterocycles. The molecule has 0 bridgehead atoms. The molecule has 0 saturated carbocycles. The van der Waals surface area contributed by atoms with Gasteiger partial charge in [-0.3, -0.25) is 4.98 Å². The lowest BCUT2D eigenvalue weighted by Gasteiger charge is -2.11. The average molecular weight is 342 g/mol. The van der Waals surface area contributed by atoms with Crippen LogP contribution in [0.5, 0.6) is 0 Å². The van der Waals surface area contributed by atoms with E-state index in [1.165, 1.54) is 0 Å². The number of rotatable bonds is 4. The van der Waals surface area contributed by atoms with Crippen molar-refractivity contribution < 1.29 is 0 Å². The van der Waals surface area contributed by atoms with Crippen LogP contribution in [0.2, 0.25) is 5.15 Å². The van der Waals surface area contributed by atoms with Gasteiger partial charge in [-0.15, -0.1) is 0 Å². The van der Waals surface area contributed by atoms with E-state index in [2.05, 4.69) is 43.1 Å². The molecule has 0 spiro atoms. The van der Waals surface area contributed by atoms with Crippen LogP contribution >= 0.6 is 27.5 Å². The largest absolute Gasteiger partial charge is 0.339 e. The van der Waals surface area contributed by atoms with Crippen LogP contribution in [-0.4, -0.2) is 15.0 Å². The van der Waals surface area contributed by atoms with Crippen LogP contribution in [0.15, 0.2) is 22.9 Å². The minimum absolute atomic E-state index is 0.490. The van der Waals surface area contributed by atoms with Gasteiger partial charge in [-0.05, 0) is 35.3 Å². The van der Waals surface area contributed by atoms with Gasteiger partial charge >= 0.3 is 0 Å². The Hall–Kier alpha value is -1.20.